The zero-order valence-corrected chi connectivity index (χ0v) is 55.1. The molecule has 15 aromatic rings. The van der Waals surface area contributed by atoms with Crippen molar-refractivity contribution in [2.45, 2.75) is 0 Å². The van der Waals surface area contributed by atoms with Gasteiger partial charge >= 0.3 is 0 Å². The highest BCUT2D eigenvalue weighted by Crippen LogP contribution is 2.58. The van der Waals surface area contributed by atoms with Gasteiger partial charge in [0.2, 0.25) is 0 Å². The summed E-state index contributed by atoms with van der Waals surface area (Å²) >= 11 is 0. The summed E-state index contributed by atoms with van der Waals surface area (Å²) in [5, 5.41) is 0. The van der Waals surface area contributed by atoms with E-state index in [4.69, 9.17) is 4.74 Å². The van der Waals surface area contributed by atoms with E-state index in [1.54, 1.807) is 0 Å². The fourth-order valence-corrected chi connectivity index (χ4v) is 19.6. The van der Waals surface area contributed by atoms with E-state index in [0.717, 1.165) is 91.1 Å². The molecule has 9 heterocycles. The maximum absolute atomic E-state index is 7.47. The molecule has 12 heteroatoms. The second kappa shape index (κ2) is 20.3. The summed E-state index contributed by atoms with van der Waals surface area (Å²) in [5.41, 5.74) is 39.4. The molecule has 0 spiro atoms. The fourth-order valence-electron chi connectivity index (χ4n) is 19.6. The van der Waals surface area contributed by atoms with Gasteiger partial charge in [-0.25, -0.2) is 0 Å². The maximum atomic E-state index is 7.47. The average Bonchev–Trinajstić information content (AvgIpc) is 0.656. The van der Waals surface area contributed by atoms with Gasteiger partial charge in [0.05, 0.1) is 11.4 Å². The molecule has 468 valence electrons. The number of anilines is 21. The number of fused-ring (bicyclic) bond motifs is 14. The molecule has 0 amide bonds. The van der Waals surface area contributed by atoms with E-state index in [9.17, 15) is 0 Å². The van der Waals surface area contributed by atoms with Gasteiger partial charge < -0.3 is 39.0 Å². The van der Waals surface area contributed by atoms with Crippen molar-refractivity contribution in [2.24, 2.45) is 0 Å². The third kappa shape index (κ3) is 7.09. The van der Waals surface area contributed by atoms with E-state index < -0.39 is 0 Å². The molecule has 102 heavy (non-hydrogen) atoms. The van der Waals surface area contributed by atoms with E-state index in [-0.39, 0.29) is 26.9 Å². The van der Waals surface area contributed by atoms with Crippen LogP contribution in [0.25, 0.3) is 0 Å². The summed E-state index contributed by atoms with van der Waals surface area (Å²) in [6.07, 6.45) is 0. The van der Waals surface area contributed by atoms with Crippen molar-refractivity contribution in [3.63, 3.8) is 0 Å². The Bertz CT molecular complexity index is 5780. The van der Waals surface area contributed by atoms with Crippen LogP contribution >= 0.6 is 0 Å². The number of hydrogen-bond acceptors (Lipinski definition) is 8. The van der Waals surface area contributed by atoms with Gasteiger partial charge in [0, 0.05) is 108 Å². The third-order valence-electron chi connectivity index (χ3n) is 23.3. The Kier molecular flexibility index (Phi) is 10.9. The van der Waals surface area contributed by atoms with Gasteiger partial charge in [-0.2, -0.15) is 0 Å². The van der Waals surface area contributed by atoms with E-state index in [1.165, 1.54) is 105 Å². The Morgan fingerprint density at radius 2 is 0.422 bits per heavy atom. The first kappa shape index (κ1) is 54.9. The third-order valence-corrected chi connectivity index (χ3v) is 23.3. The number of benzene rings is 15. The lowest BCUT2D eigenvalue weighted by atomic mass is 9.27. The first-order valence-electron chi connectivity index (χ1n) is 35.5. The van der Waals surface area contributed by atoms with Gasteiger partial charge in [-0.3, -0.25) is 0 Å². The molecule has 0 atom stereocenters. The number of para-hydroxylation sites is 10. The SMILES string of the molecule is c1ccc(N2c3ccccc3B3c4cc5c(cc4N(c4ccccc4)c4cccc2c43)N(c2ccccc2)c2cc3c4c6c2B5c2cccc5c2N6c2c(cccc2B4c2cc4c(cc2N3c2ccccc2)N(c2ccccc2)c2cccc3c2B4c2ccccc2N3c2ccccc2)O5)cc1. The topological polar surface area (TPSA) is 31.9 Å². The molecule has 9 aliphatic heterocycles. The van der Waals surface area contributed by atoms with Crippen LogP contribution in [0.1, 0.15) is 0 Å². The van der Waals surface area contributed by atoms with Gasteiger partial charge in [0.1, 0.15) is 0 Å². The van der Waals surface area contributed by atoms with Crippen LogP contribution < -0.4 is 105 Å². The highest BCUT2D eigenvalue weighted by Gasteiger charge is 2.56. The first-order chi connectivity index (χ1) is 50.7. The van der Waals surface area contributed by atoms with E-state index in [2.05, 4.69) is 368 Å². The number of nitrogens with zero attached hydrogens (tertiary/aromatic N) is 7. The largest absolute Gasteiger partial charge is 0.453 e. The summed E-state index contributed by atoms with van der Waals surface area (Å²) in [7, 11) is 0. The molecular formula is C90H55B4N7O. The van der Waals surface area contributed by atoms with E-state index >= 15 is 0 Å². The van der Waals surface area contributed by atoms with Gasteiger partial charge in [0.15, 0.2) is 11.5 Å². The minimum Gasteiger partial charge on any atom is -0.453 e. The Morgan fingerprint density at radius 3 is 0.765 bits per heavy atom. The first-order valence-corrected chi connectivity index (χ1v) is 35.5. The second-order valence-corrected chi connectivity index (χ2v) is 28.2. The van der Waals surface area contributed by atoms with Crippen LogP contribution in [-0.2, 0) is 0 Å². The Labute approximate surface area is 592 Å². The summed E-state index contributed by atoms with van der Waals surface area (Å²) in [6.45, 7) is -0.651. The quantitative estimate of drug-likeness (QED) is 0.152. The molecule has 0 bridgehead atoms. The molecule has 0 fully saturated rings. The van der Waals surface area contributed by atoms with Crippen molar-refractivity contribution in [3.8, 4) is 11.5 Å². The smallest absolute Gasteiger partial charge is 0.252 e. The van der Waals surface area contributed by atoms with Crippen molar-refractivity contribution in [1.82, 2.24) is 0 Å². The predicted molar refractivity (Wildman–Crippen MR) is 428 cm³/mol. The van der Waals surface area contributed by atoms with Crippen molar-refractivity contribution in [1.29, 1.82) is 0 Å². The maximum Gasteiger partial charge on any atom is 0.252 e. The molecule has 9 aliphatic rings. The van der Waals surface area contributed by atoms with Gasteiger partial charge in [-0.1, -0.05) is 194 Å². The van der Waals surface area contributed by atoms with Gasteiger partial charge in [0.25, 0.3) is 26.9 Å². The van der Waals surface area contributed by atoms with Crippen LogP contribution in [0.5, 0.6) is 11.5 Å². The fraction of sp³-hybridized carbons (Fsp3) is 0. The monoisotopic (exact) mass is 1290 g/mol. The standard InChI is InChI=1S/C90H55B4N7O/c1-7-27-56(28-8-1)95-70-43-21-19-39-62(70)91-66-51-68-78(53-76(66)97(58-31-11-3-12-32-58)74-47-25-45-72(95)84(74)91)99(60-35-15-5-16-36-60)80-55-81-87-90-86(80)93(68)64-41-23-49-82-88(64)101(90)89-65(42-24-50-83(89)102-82)94(87)69-52-67-77(54-79(69)100(81)61-37-17-6-18-38-61)98(59-33-13-4-14-34-59)75-48-26-46-73-85(75)92(67)63-40-20-22-44-71(63)96(73)57-29-9-2-10-30-57/h1-55H. The number of hydrogen-bond donors (Lipinski definition) is 0. The van der Waals surface area contributed by atoms with Crippen LogP contribution in [0.2, 0.25) is 0 Å². The average molecular weight is 1290 g/mol. The minimum absolute atomic E-state index is 0.103. The lowest BCUT2D eigenvalue weighted by molar-refractivity contribution is 0.478. The molecular weight excluding hydrogens is 1240 g/mol. The molecule has 0 unspecified atom stereocenters. The van der Waals surface area contributed by atoms with Gasteiger partial charge in [-0.05, 0) is 205 Å². The Morgan fingerprint density at radius 1 is 0.167 bits per heavy atom. The summed E-state index contributed by atoms with van der Waals surface area (Å²) < 4.78 is 7.47. The number of ether oxygens (including phenoxy) is 1. The summed E-state index contributed by atoms with van der Waals surface area (Å²) in [6, 6.07) is 125. The summed E-state index contributed by atoms with van der Waals surface area (Å²) in [4.78, 5) is 18.0. The van der Waals surface area contributed by atoms with Crippen LogP contribution in [0.15, 0.2) is 334 Å². The highest BCUT2D eigenvalue weighted by atomic mass is 16.5. The molecule has 0 saturated carbocycles. The number of rotatable bonds is 6. The lowest BCUT2D eigenvalue weighted by Gasteiger charge is -2.53. The van der Waals surface area contributed by atoms with Crippen LogP contribution in [-0.4, -0.2) is 26.9 Å². The molecule has 0 radical (unpaired) electrons. The normalized spacial score (nSPS) is 14.5. The highest BCUT2D eigenvalue weighted by molar-refractivity contribution is 7.07. The molecule has 0 N–H and O–H groups in total. The van der Waals surface area contributed by atoms with Gasteiger partial charge in [-0.15, -0.1) is 0 Å². The van der Waals surface area contributed by atoms with Crippen molar-refractivity contribution in [2.75, 3.05) is 34.3 Å². The lowest BCUT2D eigenvalue weighted by Crippen LogP contribution is -2.70. The zero-order valence-electron chi connectivity index (χ0n) is 55.1. The Hall–Kier alpha value is -13.0. The van der Waals surface area contributed by atoms with Crippen molar-refractivity contribution >= 4 is 212 Å². The van der Waals surface area contributed by atoms with E-state index in [0.29, 0.717) is 0 Å². The minimum atomic E-state index is -0.222. The van der Waals surface area contributed by atoms with Crippen LogP contribution in [0.3, 0.4) is 0 Å². The molecule has 0 aromatic heterocycles. The zero-order chi connectivity index (χ0) is 66.2. The summed E-state index contributed by atoms with van der Waals surface area (Å²) in [5.74, 6) is 1.73. The van der Waals surface area contributed by atoms with Crippen LogP contribution in [0.4, 0.5) is 119 Å². The Balaban J connectivity index is 0.813. The molecule has 15 aromatic carbocycles. The molecule has 24 rings (SSSR count). The molecule has 8 nitrogen and oxygen atoms in total. The van der Waals surface area contributed by atoms with Crippen molar-refractivity contribution in [3.05, 3.63) is 334 Å². The van der Waals surface area contributed by atoms with Crippen molar-refractivity contribution < 1.29 is 4.74 Å². The molecule has 0 aliphatic carbocycles. The van der Waals surface area contributed by atoms with E-state index in [1.807, 2.05) is 0 Å². The predicted octanol–water partition coefficient (Wildman–Crippen LogP) is 14.7. The molecule has 0 saturated heterocycles. The van der Waals surface area contributed by atoms with Crippen LogP contribution in [0, 0.1) is 0 Å². The second-order valence-electron chi connectivity index (χ2n) is 28.2.